The minimum Gasteiger partial charge on any atom is -0.311 e. The first-order chi connectivity index (χ1) is 17.0. The van der Waals surface area contributed by atoms with Crippen molar-refractivity contribution >= 4 is 34.4 Å². The van der Waals surface area contributed by atoms with Crippen LogP contribution in [0.5, 0.6) is 0 Å². The molecule has 0 spiro atoms. The van der Waals surface area contributed by atoms with Crippen molar-refractivity contribution in [2.45, 2.75) is 70.4 Å². The number of anilines is 1. The lowest BCUT2D eigenvalue weighted by Crippen LogP contribution is -2.39. The molecule has 9 heteroatoms. The zero-order valence-electron chi connectivity index (χ0n) is 20.7. The summed E-state index contributed by atoms with van der Waals surface area (Å²) in [6.07, 6.45) is 6.54. The summed E-state index contributed by atoms with van der Waals surface area (Å²) < 4.78 is 2.68. The summed E-state index contributed by atoms with van der Waals surface area (Å²) >= 11 is 1.26. The van der Waals surface area contributed by atoms with Crippen LogP contribution in [0.15, 0.2) is 38.9 Å². The third-order valence-corrected chi connectivity index (χ3v) is 7.38. The molecule has 1 aromatic carbocycles. The van der Waals surface area contributed by atoms with Crippen LogP contribution in [0.2, 0.25) is 0 Å². The molecule has 35 heavy (non-hydrogen) atoms. The Bertz CT molecular complexity index is 1350. The maximum Gasteiger partial charge on any atom is 0.332 e. The van der Waals surface area contributed by atoms with Crippen LogP contribution in [0.25, 0.3) is 11.0 Å². The van der Waals surface area contributed by atoms with E-state index in [2.05, 4.69) is 18.0 Å². The number of unbranched alkanes of at least 4 members (excludes halogenated alkanes) is 3. The highest BCUT2D eigenvalue weighted by Crippen LogP contribution is 2.29. The number of carbonyl (C=O) groups excluding carboxylic acids is 1. The molecule has 0 fully saturated rings. The Kier molecular flexibility index (Phi) is 8.05. The standard InChI is InChI=1S/C26H33N5O3S/c1-4-6-7-8-13-20-27-23-22(25(33)29(3)26(34)31(23)15-5-2)24(28-20)35-17-21(32)30-16-14-18-11-9-10-12-19(18)30/h9-12H,4-8,13-17H2,1-3H3. The highest BCUT2D eigenvalue weighted by Gasteiger charge is 2.25. The number of aromatic nitrogens is 4. The summed E-state index contributed by atoms with van der Waals surface area (Å²) in [6, 6.07) is 7.95. The monoisotopic (exact) mass is 495 g/mol. The normalized spacial score (nSPS) is 12.9. The molecule has 0 unspecified atom stereocenters. The number of thioether (sulfide) groups is 1. The van der Waals surface area contributed by atoms with E-state index >= 15 is 0 Å². The first-order valence-corrected chi connectivity index (χ1v) is 13.5. The van der Waals surface area contributed by atoms with Gasteiger partial charge in [-0.3, -0.25) is 18.7 Å². The van der Waals surface area contributed by atoms with Crippen molar-refractivity contribution in [1.82, 2.24) is 19.1 Å². The SMILES string of the molecule is CCCCCCc1nc(SCC(=O)N2CCc3ccccc32)c2c(=O)n(C)c(=O)n(CCC)c2n1. The van der Waals surface area contributed by atoms with Crippen molar-refractivity contribution in [2.75, 3.05) is 17.2 Å². The van der Waals surface area contributed by atoms with Gasteiger partial charge in [-0.1, -0.05) is 63.1 Å². The van der Waals surface area contributed by atoms with E-state index in [0.717, 1.165) is 48.8 Å². The van der Waals surface area contributed by atoms with Gasteiger partial charge in [0.1, 0.15) is 16.2 Å². The molecular weight excluding hydrogens is 462 g/mol. The predicted octanol–water partition coefficient (Wildman–Crippen LogP) is 3.70. The molecule has 0 N–H and O–H groups in total. The van der Waals surface area contributed by atoms with Crippen LogP contribution >= 0.6 is 11.8 Å². The maximum atomic E-state index is 13.2. The van der Waals surface area contributed by atoms with Gasteiger partial charge in [0.05, 0.1) is 5.75 Å². The zero-order valence-corrected chi connectivity index (χ0v) is 21.6. The minimum atomic E-state index is -0.420. The molecule has 0 radical (unpaired) electrons. The number of hydrogen-bond donors (Lipinski definition) is 0. The van der Waals surface area contributed by atoms with Gasteiger partial charge in [-0.25, -0.2) is 14.8 Å². The molecule has 0 saturated heterocycles. The Labute approximate surface area is 209 Å². The molecule has 186 valence electrons. The molecule has 4 rings (SSSR count). The Morgan fingerprint density at radius 1 is 1.06 bits per heavy atom. The van der Waals surface area contributed by atoms with Gasteiger partial charge in [0.15, 0.2) is 5.65 Å². The van der Waals surface area contributed by atoms with E-state index in [1.807, 2.05) is 30.0 Å². The van der Waals surface area contributed by atoms with Crippen LogP contribution in [0, 0.1) is 0 Å². The number of rotatable bonds is 10. The highest BCUT2D eigenvalue weighted by molar-refractivity contribution is 8.00. The predicted molar refractivity (Wildman–Crippen MR) is 140 cm³/mol. The Balaban J connectivity index is 1.70. The second-order valence-electron chi connectivity index (χ2n) is 8.97. The van der Waals surface area contributed by atoms with Crippen LogP contribution in [0.4, 0.5) is 5.69 Å². The lowest BCUT2D eigenvalue weighted by molar-refractivity contribution is -0.116. The summed E-state index contributed by atoms with van der Waals surface area (Å²) in [5.41, 5.74) is 1.71. The summed E-state index contributed by atoms with van der Waals surface area (Å²) in [5, 5.41) is 0.796. The Morgan fingerprint density at radius 3 is 2.63 bits per heavy atom. The Hall–Kier alpha value is -2.94. The summed E-state index contributed by atoms with van der Waals surface area (Å²) in [7, 11) is 1.48. The molecule has 0 atom stereocenters. The lowest BCUT2D eigenvalue weighted by Gasteiger charge is -2.18. The van der Waals surface area contributed by atoms with Crippen molar-refractivity contribution in [3.05, 3.63) is 56.5 Å². The van der Waals surface area contributed by atoms with Crippen LogP contribution < -0.4 is 16.1 Å². The van der Waals surface area contributed by atoms with Gasteiger partial charge in [-0.15, -0.1) is 0 Å². The number of benzene rings is 1. The molecule has 1 aliphatic rings. The molecule has 0 bridgehead atoms. The smallest absolute Gasteiger partial charge is 0.311 e. The van der Waals surface area contributed by atoms with Crippen LogP contribution in [-0.2, 0) is 31.2 Å². The quantitative estimate of drug-likeness (QED) is 0.242. The first-order valence-electron chi connectivity index (χ1n) is 12.5. The third-order valence-electron chi connectivity index (χ3n) is 6.42. The zero-order chi connectivity index (χ0) is 24.9. The van der Waals surface area contributed by atoms with E-state index in [9.17, 15) is 14.4 Å². The van der Waals surface area contributed by atoms with E-state index < -0.39 is 5.56 Å². The van der Waals surface area contributed by atoms with Crippen molar-refractivity contribution in [3.8, 4) is 0 Å². The van der Waals surface area contributed by atoms with Gasteiger partial charge in [-0.05, 0) is 30.9 Å². The van der Waals surface area contributed by atoms with Gasteiger partial charge < -0.3 is 4.90 Å². The summed E-state index contributed by atoms with van der Waals surface area (Å²) in [4.78, 5) is 50.4. The fourth-order valence-electron chi connectivity index (χ4n) is 4.54. The lowest BCUT2D eigenvalue weighted by atomic mass is 10.1. The average molecular weight is 496 g/mol. The fraction of sp³-hybridized carbons (Fsp3) is 0.500. The van der Waals surface area contributed by atoms with Gasteiger partial charge >= 0.3 is 5.69 Å². The topological polar surface area (TPSA) is 90.1 Å². The molecule has 1 aliphatic heterocycles. The second kappa shape index (κ2) is 11.2. The van der Waals surface area contributed by atoms with Gasteiger partial charge in [-0.2, -0.15) is 0 Å². The number of amides is 1. The van der Waals surface area contributed by atoms with E-state index in [4.69, 9.17) is 4.98 Å². The third kappa shape index (κ3) is 5.19. The van der Waals surface area contributed by atoms with E-state index in [-0.39, 0.29) is 17.3 Å². The van der Waals surface area contributed by atoms with E-state index in [1.165, 1.54) is 24.4 Å². The average Bonchev–Trinajstić information content (AvgIpc) is 3.30. The van der Waals surface area contributed by atoms with Crippen LogP contribution in [0.3, 0.4) is 0 Å². The van der Waals surface area contributed by atoms with Crippen molar-refractivity contribution in [1.29, 1.82) is 0 Å². The first kappa shape index (κ1) is 25.2. The number of carbonyl (C=O) groups is 1. The number of para-hydroxylation sites is 1. The largest absolute Gasteiger partial charge is 0.332 e. The summed E-state index contributed by atoms with van der Waals surface area (Å²) in [6.45, 7) is 5.27. The van der Waals surface area contributed by atoms with Crippen molar-refractivity contribution in [3.63, 3.8) is 0 Å². The van der Waals surface area contributed by atoms with Gasteiger partial charge in [0.25, 0.3) is 5.56 Å². The fourth-order valence-corrected chi connectivity index (χ4v) is 5.45. The second-order valence-corrected chi connectivity index (χ2v) is 9.93. The van der Waals surface area contributed by atoms with Crippen LogP contribution in [-0.4, -0.2) is 37.3 Å². The van der Waals surface area contributed by atoms with Crippen molar-refractivity contribution < 1.29 is 4.79 Å². The maximum absolute atomic E-state index is 13.2. The number of hydrogen-bond acceptors (Lipinski definition) is 6. The van der Waals surface area contributed by atoms with Gasteiger partial charge in [0, 0.05) is 32.2 Å². The molecule has 8 nitrogen and oxygen atoms in total. The summed E-state index contributed by atoms with van der Waals surface area (Å²) in [5.74, 6) is 0.758. The molecule has 2 aromatic heterocycles. The van der Waals surface area contributed by atoms with E-state index in [0.29, 0.717) is 41.4 Å². The number of nitrogens with zero attached hydrogens (tertiary/aromatic N) is 5. The number of fused-ring (bicyclic) bond motifs is 2. The Morgan fingerprint density at radius 2 is 1.86 bits per heavy atom. The van der Waals surface area contributed by atoms with Crippen molar-refractivity contribution in [2.24, 2.45) is 7.05 Å². The molecule has 0 saturated carbocycles. The molecule has 0 aliphatic carbocycles. The van der Waals surface area contributed by atoms with Crippen LogP contribution in [0.1, 0.15) is 57.3 Å². The molecular formula is C26H33N5O3S. The van der Waals surface area contributed by atoms with E-state index in [1.54, 1.807) is 4.57 Å². The number of aryl methyl sites for hydroxylation is 2. The molecule has 3 heterocycles. The highest BCUT2D eigenvalue weighted by atomic mass is 32.2. The molecule has 3 aromatic rings. The minimum absolute atomic E-state index is 0.0186. The molecule has 1 amide bonds. The van der Waals surface area contributed by atoms with Gasteiger partial charge in [0.2, 0.25) is 5.91 Å².